The molecule has 2 N–H and O–H groups in total. The van der Waals surface area contributed by atoms with Gasteiger partial charge in [-0.3, -0.25) is 4.79 Å². The molecule has 2 rings (SSSR count). The zero-order valence-corrected chi connectivity index (χ0v) is 11.0. The Morgan fingerprint density at radius 2 is 2.06 bits per heavy atom. The quantitative estimate of drug-likeness (QED) is 0.798. The van der Waals surface area contributed by atoms with E-state index in [2.05, 4.69) is 16.7 Å². The van der Waals surface area contributed by atoms with Crippen molar-refractivity contribution in [3.63, 3.8) is 0 Å². The van der Waals surface area contributed by atoms with Gasteiger partial charge in [-0.2, -0.15) is 0 Å². The topological polar surface area (TPSA) is 41.1 Å². The van der Waals surface area contributed by atoms with Crippen molar-refractivity contribution in [1.82, 2.24) is 10.6 Å². The average Bonchev–Trinajstić information content (AvgIpc) is 2.37. The zero-order chi connectivity index (χ0) is 13.0. The van der Waals surface area contributed by atoms with E-state index in [1.807, 2.05) is 32.0 Å². The Labute approximate surface area is 108 Å². The summed E-state index contributed by atoms with van der Waals surface area (Å²) in [5.41, 5.74) is 4.19. The Bertz CT molecular complexity index is 457. The molecular weight excluding hydrogens is 224 g/mol. The number of aryl methyl sites for hydroxylation is 2. The highest BCUT2D eigenvalue weighted by Gasteiger charge is 2.12. The molecule has 1 aliphatic rings. The first-order valence-electron chi connectivity index (χ1n) is 6.41. The second kappa shape index (κ2) is 5.83. The fourth-order valence-corrected chi connectivity index (χ4v) is 2.28. The average molecular weight is 244 g/mol. The van der Waals surface area contributed by atoms with Crippen LogP contribution in [-0.2, 0) is 0 Å². The minimum absolute atomic E-state index is 0.0324. The molecule has 0 aliphatic carbocycles. The molecule has 1 aromatic carbocycles. The minimum Gasteiger partial charge on any atom is -0.348 e. The van der Waals surface area contributed by atoms with Crippen molar-refractivity contribution in [3.05, 3.63) is 46.5 Å². The molecule has 0 saturated carbocycles. The molecule has 0 aromatic heterocycles. The molecule has 18 heavy (non-hydrogen) atoms. The SMILES string of the molecule is Cc1cccc(C)c1C(=O)NCC1=CCNCC1. The highest BCUT2D eigenvalue weighted by Crippen LogP contribution is 2.13. The first kappa shape index (κ1) is 12.8. The van der Waals surface area contributed by atoms with E-state index in [1.54, 1.807) is 0 Å². The lowest BCUT2D eigenvalue weighted by atomic mass is 10.0. The Morgan fingerprint density at radius 1 is 1.33 bits per heavy atom. The Morgan fingerprint density at radius 3 is 2.67 bits per heavy atom. The maximum atomic E-state index is 12.2. The van der Waals surface area contributed by atoms with Gasteiger partial charge in [0.2, 0.25) is 0 Å². The van der Waals surface area contributed by atoms with Gasteiger partial charge in [0.15, 0.2) is 0 Å². The van der Waals surface area contributed by atoms with E-state index in [-0.39, 0.29) is 5.91 Å². The molecule has 1 amide bonds. The predicted octanol–water partition coefficient (Wildman–Crippen LogP) is 1.95. The van der Waals surface area contributed by atoms with E-state index in [4.69, 9.17) is 0 Å². The molecule has 1 aromatic rings. The van der Waals surface area contributed by atoms with Gasteiger partial charge in [0.1, 0.15) is 0 Å². The predicted molar refractivity (Wildman–Crippen MR) is 73.8 cm³/mol. The van der Waals surface area contributed by atoms with Gasteiger partial charge in [0.25, 0.3) is 5.91 Å². The third-order valence-corrected chi connectivity index (χ3v) is 3.34. The van der Waals surface area contributed by atoms with Crippen LogP contribution in [0.1, 0.15) is 27.9 Å². The van der Waals surface area contributed by atoms with Gasteiger partial charge < -0.3 is 10.6 Å². The molecule has 0 unspecified atom stereocenters. The monoisotopic (exact) mass is 244 g/mol. The van der Waals surface area contributed by atoms with Crippen LogP contribution in [0.5, 0.6) is 0 Å². The summed E-state index contributed by atoms with van der Waals surface area (Å²) >= 11 is 0. The van der Waals surface area contributed by atoms with E-state index < -0.39 is 0 Å². The largest absolute Gasteiger partial charge is 0.348 e. The van der Waals surface area contributed by atoms with Crippen molar-refractivity contribution in [3.8, 4) is 0 Å². The number of amides is 1. The van der Waals surface area contributed by atoms with Gasteiger partial charge in [0, 0.05) is 18.7 Å². The van der Waals surface area contributed by atoms with Crippen LogP contribution in [0, 0.1) is 13.8 Å². The van der Waals surface area contributed by atoms with Gasteiger partial charge in [-0.15, -0.1) is 0 Å². The number of nitrogens with one attached hydrogen (secondary N) is 2. The van der Waals surface area contributed by atoms with Gasteiger partial charge in [-0.05, 0) is 37.9 Å². The number of benzene rings is 1. The Balaban J connectivity index is 2.01. The van der Waals surface area contributed by atoms with Gasteiger partial charge in [-0.1, -0.05) is 29.8 Å². The zero-order valence-electron chi connectivity index (χ0n) is 11.0. The first-order chi connectivity index (χ1) is 8.68. The summed E-state index contributed by atoms with van der Waals surface area (Å²) in [6.45, 7) is 6.53. The molecule has 0 radical (unpaired) electrons. The summed E-state index contributed by atoms with van der Waals surface area (Å²) in [5.74, 6) is 0.0324. The molecule has 96 valence electrons. The second-order valence-electron chi connectivity index (χ2n) is 4.77. The van der Waals surface area contributed by atoms with Crippen LogP contribution in [0.25, 0.3) is 0 Å². The first-order valence-corrected chi connectivity index (χ1v) is 6.41. The van der Waals surface area contributed by atoms with Crippen LogP contribution < -0.4 is 10.6 Å². The maximum Gasteiger partial charge on any atom is 0.252 e. The Hall–Kier alpha value is -1.61. The van der Waals surface area contributed by atoms with Gasteiger partial charge in [-0.25, -0.2) is 0 Å². The summed E-state index contributed by atoms with van der Waals surface area (Å²) in [5, 5.41) is 6.28. The molecular formula is C15H20N2O. The molecule has 0 atom stereocenters. The summed E-state index contributed by atoms with van der Waals surface area (Å²) in [4.78, 5) is 12.2. The number of carbonyl (C=O) groups excluding carboxylic acids is 1. The summed E-state index contributed by atoms with van der Waals surface area (Å²) in [6, 6.07) is 5.94. The van der Waals surface area contributed by atoms with Crippen LogP contribution in [0.15, 0.2) is 29.8 Å². The van der Waals surface area contributed by atoms with E-state index in [1.165, 1.54) is 5.57 Å². The molecule has 3 heteroatoms. The molecule has 0 bridgehead atoms. The number of rotatable bonds is 3. The van der Waals surface area contributed by atoms with Crippen molar-refractivity contribution >= 4 is 5.91 Å². The fraction of sp³-hybridized carbons (Fsp3) is 0.400. The third-order valence-electron chi connectivity index (χ3n) is 3.34. The number of hydrogen-bond acceptors (Lipinski definition) is 2. The van der Waals surface area contributed by atoms with E-state index >= 15 is 0 Å². The van der Waals surface area contributed by atoms with Gasteiger partial charge in [0.05, 0.1) is 0 Å². The van der Waals surface area contributed by atoms with Crippen LogP contribution in [-0.4, -0.2) is 25.5 Å². The van der Waals surface area contributed by atoms with Crippen molar-refractivity contribution < 1.29 is 4.79 Å². The van der Waals surface area contributed by atoms with Crippen molar-refractivity contribution in [2.75, 3.05) is 19.6 Å². The lowest BCUT2D eigenvalue weighted by molar-refractivity contribution is 0.0955. The molecule has 0 fully saturated rings. The smallest absolute Gasteiger partial charge is 0.252 e. The molecule has 1 heterocycles. The molecule has 0 saturated heterocycles. The van der Waals surface area contributed by atoms with E-state index in [0.717, 1.165) is 36.2 Å². The van der Waals surface area contributed by atoms with E-state index in [0.29, 0.717) is 6.54 Å². The Kier molecular flexibility index (Phi) is 4.15. The summed E-state index contributed by atoms with van der Waals surface area (Å²) in [7, 11) is 0. The second-order valence-corrected chi connectivity index (χ2v) is 4.77. The standard InChI is InChI=1S/C15H20N2O/c1-11-4-3-5-12(2)14(11)15(18)17-10-13-6-8-16-9-7-13/h3-6,16H,7-10H2,1-2H3,(H,17,18). The normalized spacial score (nSPS) is 15.1. The van der Waals surface area contributed by atoms with Gasteiger partial charge >= 0.3 is 0 Å². The maximum absolute atomic E-state index is 12.2. The van der Waals surface area contributed by atoms with Crippen molar-refractivity contribution in [2.45, 2.75) is 20.3 Å². The highest BCUT2D eigenvalue weighted by atomic mass is 16.1. The number of carbonyl (C=O) groups is 1. The van der Waals surface area contributed by atoms with Crippen LogP contribution in [0.3, 0.4) is 0 Å². The van der Waals surface area contributed by atoms with E-state index in [9.17, 15) is 4.79 Å². The fourth-order valence-electron chi connectivity index (χ4n) is 2.28. The van der Waals surface area contributed by atoms with Crippen LogP contribution in [0.2, 0.25) is 0 Å². The van der Waals surface area contributed by atoms with Crippen molar-refractivity contribution in [1.29, 1.82) is 0 Å². The third kappa shape index (κ3) is 2.99. The summed E-state index contributed by atoms with van der Waals surface area (Å²) < 4.78 is 0. The number of hydrogen-bond donors (Lipinski definition) is 2. The minimum atomic E-state index is 0.0324. The summed E-state index contributed by atoms with van der Waals surface area (Å²) in [6.07, 6.45) is 3.18. The van der Waals surface area contributed by atoms with Crippen molar-refractivity contribution in [2.24, 2.45) is 0 Å². The molecule has 1 aliphatic heterocycles. The molecule has 3 nitrogen and oxygen atoms in total. The van der Waals surface area contributed by atoms with Crippen LogP contribution >= 0.6 is 0 Å². The molecule has 0 spiro atoms. The highest BCUT2D eigenvalue weighted by molar-refractivity contribution is 5.97. The lowest BCUT2D eigenvalue weighted by Crippen LogP contribution is -2.30. The lowest BCUT2D eigenvalue weighted by Gasteiger charge is -2.15. The van der Waals surface area contributed by atoms with Crippen LogP contribution in [0.4, 0.5) is 0 Å².